The lowest BCUT2D eigenvalue weighted by atomic mass is 9.76. The molecule has 0 bridgehead atoms. The van der Waals surface area contributed by atoms with Gasteiger partial charge in [-0.2, -0.15) is 0 Å². The predicted octanol–water partition coefficient (Wildman–Crippen LogP) is 5.73. The second kappa shape index (κ2) is 6.93. The molecule has 0 aliphatic heterocycles. The third kappa shape index (κ3) is 3.29. The Bertz CT molecular complexity index is 202. The highest BCUT2D eigenvalue weighted by molar-refractivity contribution is 4.86. The Balaban J connectivity index is 0.00000120. The molecule has 3 rings (SSSR count). The minimum atomic E-state index is 0. The van der Waals surface area contributed by atoms with Gasteiger partial charge in [0.2, 0.25) is 0 Å². The molecule has 1 nitrogen and oxygen atoms in total. The van der Waals surface area contributed by atoms with Crippen LogP contribution in [0.25, 0.3) is 0 Å². The van der Waals surface area contributed by atoms with E-state index in [0.29, 0.717) is 0 Å². The first-order valence-electron chi connectivity index (χ1n) is 8.43. The monoisotopic (exact) mass is 251 g/mol. The van der Waals surface area contributed by atoms with Crippen molar-refractivity contribution in [3.05, 3.63) is 0 Å². The van der Waals surface area contributed by atoms with Gasteiger partial charge in [-0.25, -0.2) is 0 Å². The minimum Gasteiger partial charge on any atom is -0.344 e. The maximum atomic E-state index is 1.62. The second-order valence-electron chi connectivity index (χ2n) is 7.13. The zero-order chi connectivity index (χ0) is 11.5. The summed E-state index contributed by atoms with van der Waals surface area (Å²) in [5.74, 6) is 4.55. The first kappa shape index (κ1) is 14.4. The van der Waals surface area contributed by atoms with E-state index < -0.39 is 0 Å². The fourth-order valence-electron chi connectivity index (χ4n) is 5.12. The molecular weight excluding hydrogens is 218 g/mol. The highest BCUT2D eigenvalue weighted by Gasteiger charge is 2.35. The van der Waals surface area contributed by atoms with Crippen LogP contribution < -0.4 is 6.15 Å². The fourth-order valence-corrected chi connectivity index (χ4v) is 5.12. The summed E-state index contributed by atoms with van der Waals surface area (Å²) >= 11 is 0. The molecule has 0 spiro atoms. The molecule has 0 aromatic heterocycles. The van der Waals surface area contributed by atoms with Crippen molar-refractivity contribution in [3.63, 3.8) is 0 Å². The van der Waals surface area contributed by atoms with E-state index in [1.165, 1.54) is 38.5 Å². The van der Waals surface area contributed by atoms with Gasteiger partial charge in [-0.3, -0.25) is 0 Å². The van der Waals surface area contributed by atoms with Crippen LogP contribution in [0.5, 0.6) is 0 Å². The van der Waals surface area contributed by atoms with Gasteiger partial charge in [0.05, 0.1) is 0 Å². The van der Waals surface area contributed by atoms with Crippen LogP contribution in [0, 0.1) is 23.7 Å². The van der Waals surface area contributed by atoms with Crippen molar-refractivity contribution >= 4 is 0 Å². The van der Waals surface area contributed by atoms with Gasteiger partial charge in [-0.1, -0.05) is 64.2 Å². The molecule has 1 heteroatoms. The average Bonchev–Trinajstić information content (AvgIpc) is 2.90. The van der Waals surface area contributed by atoms with Gasteiger partial charge in [0.1, 0.15) is 0 Å². The summed E-state index contributed by atoms with van der Waals surface area (Å²) in [4.78, 5) is 0. The van der Waals surface area contributed by atoms with Crippen molar-refractivity contribution in [2.24, 2.45) is 23.7 Å². The first-order valence-corrected chi connectivity index (χ1v) is 8.43. The summed E-state index contributed by atoms with van der Waals surface area (Å²) in [7, 11) is 0. The number of hydrogen-bond acceptors (Lipinski definition) is 1. The molecule has 2 unspecified atom stereocenters. The van der Waals surface area contributed by atoms with Crippen molar-refractivity contribution in [2.45, 2.75) is 83.5 Å². The van der Waals surface area contributed by atoms with E-state index in [1.54, 1.807) is 44.9 Å². The molecule has 18 heavy (non-hydrogen) atoms. The predicted molar refractivity (Wildman–Crippen MR) is 79.0 cm³/mol. The second-order valence-corrected chi connectivity index (χ2v) is 7.13. The van der Waals surface area contributed by atoms with Gasteiger partial charge in [0.25, 0.3) is 0 Å². The lowest BCUT2D eigenvalue weighted by Gasteiger charge is -2.30. The van der Waals surface area contributed by atoms with Crippen LogP contribution in [0.1, 0.15) is 83.5 Å². The number of hydrogen-bond donors (Lipinski definition) is 1. The summed E-state index contributed by atoms with van der Waals surface area (Å²) in [5.41, 5.74) is 0. The Morgan fingerprint density at radius 3 is 1.17 bits per heavy atom. The van der Waals surface area contributed by atoms with Crippen LogP contribution in [0.3, 0.4) is 0 Å². The van der Waals surface area contributed by atoms with Crippen molar-refractivity contribution in [1.29, 1.82) is 0 Å². The van der Waals surface area contributed by atoms with Crippen LogP contribution in [-0.2, 0) is 0 Å². The molecule has 2 atom stereocenters. The Kier molecular flexibility index (Phi) is 5.54. The van der Waals surface area contributed by atoms with Crippen LogP contribution in [0.4, 0.5) is 0 Å². The Labute approximate surface area is 114 Å². The van der Waals surface area contributed by atoms with Gasteiger partial charge in [-0.15, -0.1) is 0 Å². The zero-order valence-corrected chi connectivity index (χ0v) is 12.2. The highest BCUT2D eigenvalue weighted by atomic mass is 14.4. The smallest absolute Gasteiger partial charge is 0.0383 e. The van der Waals surface area contributed by atoms with E-state index in [9.17, 15) is 0 Å². The van der Waals surface area contributed by atoms with Gasteiger partial charge in [0.15, 0.2) is 0 Å². The summed E-state index contributed by atoms with van der Waals surface area (Å²) in [6.07, 6.45) is 20.3. The molecule has 106 valence electrons. The van der Waals surface area contributed by atoms with Gasteiger partial charge < -0.3 is 6.15 Å². The molecule has 0 heterocycles. The molecule has 3 N–H and O–H groups in total. The molecule has 0 aromatic rings. The molecule has 3 saturated carbocycles. The molecule has 0 amide bonds. The molecule has 3 fully saturated rings. The lowest BCUT2D eigenvalue weighted by Crippen LogP contribution is -2.18. The Hall–Kier alpha value is -0.0400. The van der Waals surface area contributed by atoms with Crippen molar-refractivity contribution in [3.8, 4) is 0 Å². The third-order valence-electron chi connectivity index (χ3n) is 6.15. The van der Waals surface area contributed by atoms with E-state index >= 15 is 0 Å². The Morgan fingerprint density at radius 2 is 0.778 bits per heavy atom. The van der Waals surface area contributed by atoms with Crippen LogP contribution in [-0.4, -0.2) is 0 Å². The largest absolute Gasteiger partial charge is 0.344 e. The third-order valence-corrected chi connectivity index (χ3v) is 6.15. The summed E-state index contributed by atoms with van der Waals surface area (Å²) in [6, 6.07) is 0. The molecular formula is C17H33N. The lowest BCUT2D eigenvalue weighted by molar-refractivity contribution is 0.214. The molecule has 0 aromatic carbocycles. The van der Waals surface area contributed by atoms with E-state index in [-0.39, 0.29) is 6.15 Å². The first-order chi connectivity index (χ1) is 8.43. The van der Waals surface area contributed by atoms with Gasteiger partial charge in [0, 0.05) is 0 Å². The summed E-state index contributed by atoms with van der Waals surface area (Å²) in [5, 5.41) is 0. The zero-order valence-electron chi connectivity index (χ0n) is 12.2. The maximum absolute atomic E-state index is 1.62. The van der Waals surface area contributed by atoms with E-state index in [0.717, 1.165) is 23.7 Å². The normalized spacial score (nSPS) is 35.3. The van der Waals surface area contributed by atoms with Crippen molar-refractivity contribution < 1.29 is 0 Å². The fraction of sp³-hybridized carbons (Fsp3) is 1.00. The van der Waals surface area contributed by atoms with Crippen LogP contribution >= 0.6 is 0 Å². The molecule has 0 saturated heterocycles. The molecule has 3 aliphatic rings. The summed E-state index contributed by atoms with van der Waals surface area (Å²) in [6.45, 7) is 0. The maximum Gasteiger partial charge on any atom is -0.0383 e. The minimum absolute atomic E-state index is 0. The average molecular weight is 251 g/mol. The molecule has 3 aliphatic carbocycles. The van der Waals surface area contributed by atoms with Crippen molar-refractivity contribution in [1.82, 2.24) is 6.15 Å². The van der Waals surface area contributed by atoms with E-state index in [2.05, 4.69) is 0 Å². The van der Waals surface area contributed by atoms with Crippen molar-refractivity contribution in [2.75, 3.05) is 0 Å². The van der Waals surface area contributed by atoms with Crippen LogP contribution in [0.2, 0.25) is 0 Å². The Morgan fingerprint density at radius 1 is 0.389 bits per heavy atom. The van der Waals surface area contributed by atoms with Gasteiger partial charge in [-0.05, 0) is 42.9 Å². The molecule has 0 radical (unpaired) electrons. The standard InChI is InChI=1S/C17H30.H3N/c1-3-7-14(8-4-1)16-11-12-17(13-16)15-9-5-2-6-10-15;/h14-17H,1-13H2;1H3. The van der Waals surface area contributed by atoms with E-state index in [4.69, 9.17) is 0 Å². The topological polar surface area (TPSA) is 35.0 Å². The SMILES string of the molecule is C1CCC(C2CCC(C3CCCCC3)C2)CC1.N. The quantitative estimate of drug-likeness (QED) is 0.668. The summed E-state index contributed by atoms with van der Waals surface area (Å²) < 4.78 is 0. The number of rotatable bonds is 2. The van der Waals surface area contributed by atoms with Gasteiger partial charge >= 0.3 is 0 Å². The van der Waals surface area contributed by atoms with Crippen LogP contribution in [0.15, 0.2) is 0 Å². The highest BCUT2D eigenvalue weighted by Crippen LogP contribution is 2.46. The van der Waals surface area contributed by atoms with E-state index in [1.807, 2.05) is 0 Å².